The van der Waals surface area contributed by atoms with E-state index in [0.717, 1.165) is 11.3 Å². The lowest BCUT2D eigenvalue weighted by molar-refractivity contribution is -0.113. The Bertz CT molecular complexity index is 1130. The Morgan fingerprint density at radius 1 is 1.10 bits per heavy atom. The molecule has 2 aromatic carbocycles. The molecule has 7 nitrogen and oxygen atoms in total. The third-order valence-corrected chi connectivity index (χ3v) is 5.42. The van der Waals surface area contributed by atoms with E-state index in [1.165, 1.54) is 23.9 Å². The second kappa shape index (κ2) is 9.06. The lowest BCUT2D eigenvalue weighted by atomic mass is 10.2. The van der Waals surface area contributed by atoms with Crippen molar-refractivity contribution in [1.29, 1.82) is 0 Å². The smallest absolute Gasteiger partial charge is 0.234 e. The molecule has 152 valence electrons. The van der Waals surface area contributed by atoms with Gasteiger partial charge in [0.15, 0.2) is 11.0 Å². The minimum atomic E-state index is -0.189. The molecule has 0 saturated carbocycles. The Balaban J connectivity index is 1.52. The number of aromatic nitrogens is 3. The number of carbonyl (C=O) groups is 1. The lowest BCUT2D eigenvalue weighted by Gasteiger charge is -2.09. The zero-order valence-corrected chi connectivity index (χ0v) is 17.2. The molecule has 2 heterocycles. The predicted molar refractivity (Wildman–Crippen MR) is 116 cm³/mol. The van der Waals surface area contributed by atoms with Crippen molar-refractivity contribution in [3.63, 3.8) is 0 Å². The highest BCUT2D eigenvalue weighted by atomic mass is 35.5. The van der Waals surface area contributed by atoms with E-state index in [4.69, 9.17) is 16.0 Å². The zero-order chi connectivity index (χ0) is 20.9. The van der Waals surface area contributed by atoms with Crippen molar-refractivity contribution in [3.8, 4) is 17.1 Å². The molecule has 0 fully saturated rings. The maximum Gasteiger partial charge on any atom is 0.234 e. The maximum absolute atomic E-state index is 12.3. The van der Waals surface area contributed by atoms with E-state index in [9.17, 15) is 9.90 Å². The number of amides is 1. The molecule has 4 aromatic rings. The Hall–Kier alpha value is -3.23. The van der Waals surface area contributed by atoms with Crippen LogP contribution in [0.3, 0.4) is 0 Å². The molecule has 0 radical (unpaired) electrons. The van der Waals surface area contributed by atoms with E-state index < -0.39 is 0 Å². The van der Waals surface area contributed by atoms with E-state index >= 15 is 0 Å². The van der Waals surface area contributed by atoms with Crippen LogP contribution < -0.4 is 5.32 Å². The van der Waals surface area contributed by atoms with Crippen LogP contribution in [0.15, 0.2) is 76.5 Å². The number of carbonyl (C=O) groups excluding carboxylic acids is 1. The first-order chi connectivity index (χ1) is 14.6. The van der Waals surface area contributed by atoms with Gasteiger partial charge in [0, 0.05) is 16.3 Å². The summed E-state index contributed by atoms with van der Waals surface area (Å²) >= 11 is 7.28. The molecule has 1 amide bonds. The van der Waals surface area contributed by atoms with Crippen LogP contribution in [0.4, 0.5) is 5.69 Å². The molecule has 2 N–H and O–H groups in total. The molecular formula is C21H17ClN4O3S. The number of aromatic hydroxyl groups is 1. The summed E-state index contributed by atoms with van der Waals surface area (Å²) in [4.78, 5) is 12.3. The SMILES string of the molecule is O=C(CSc1nnc(-c2ccc(Cl)cc2)n1Cc1ccco1)Nc1ccc(O)cc1. The standard InChI is InChI=1S/C21H17ClN4O3S/c22-15-5-3-14(4-6-15)20-24-25-21(26(20)12-18-2-1-11-29-18)30-13-19(28)23-16-7-9-17(27)10-8-16/h1-11,27H,12-13H2,(H,23,28). The van der Waals surface area contributed by atoms with Gasteiger partial charge in [-0.3, -0.25) is 9.36 Å². The number of nitrogens with one attached hydrogen (secondary N) is 1. The van der Waals surface area contributed by atoms with Gasteiger partial charge < -0.3 is 14.8 Å². The number of phenolic OH excluding ortho intramolecular Hbond substituents is 1. The fourth-order valence-electron chi connectivity index (χ4n) is 2.78. The average Bonchev–Trinajstić information content (AvgIpc) is 3.39. The normalized spacial score (nSPS) is 10.8. The predicted octanol–water partition coefficient (Wildman–Crippen LogP) is 4.68. The number of rotatable bonds is 7. The Morgan fingerprint density at radius 3 is 2.57 bits per heavy atom. The van der Waals surface area contributed by atoms with Gasteiger partial charge in [-0.15, -0.1) is 10.2 Å². The van der Waals surface area contributed by atoms with Crippen molar-refractivity contribution in [1.82, 2.24) is 14.8 Å². The van der Waals surface area contributed by atoms with E-state index in [1.54, 1.807) is 30.5 Å². The van der Waals surface area contributed by atoms with Crippen molar-refractivity contribution in [2.45, 2.75) is 11.7 Å². The number of anilines is 1. The number of phenols is 1. The van der Waals surface area contributed by atoms with Crippen LogP contribution in [0.5, 0.6) is 5.75 Å². The number of hydrogen-bond acceptors (Lipinski definition) is 6. The highest BCUT2D eigenvalue weighted by Crippen LogP contribution is 2.26. The fraction of sp³-hybridized carbons (Fsp3) is 0.0952. The minimum Gasteiger partial charge on any atom is -0.508 e. The highest BCUT2D eigenvalue weighted by molar-refractivity contribution is 7.99. The topological polar surface area (TPSA) is 93.2 Å². The van der Waals surface area contributed by atoms with Crippen molar-refractivity contribution in [2.24, 2.45) is 0 Å². The van der Waals surface area contributed by atoms with E-state index in [0.29, 0.717) is 28.2 Å². The molecule has 0 aliphatic heterocycles. The zero-order valence-electron chi connectivity index (χ0n) is 15.7. The molecule has 0 atom stereocenters. The summed E-state index contributed by atoms with van der Waals surface area (Å²) in [7, 11) is 0. The summed E-state index contributed by atoms with van der Waals surface area (Å²) in [6.45, 7) is 0.430. The number of hydrogen-bond donors (Lipinski definition) is 2. The number of halogens is 1. The molecular weight excluding hydrogens is 424 g/mol. The van der Waals surface area contributed by atoms with Crippen LogP contribution in [0, 0.1) is 0 Å². The summed E-state index contributed by atoms with van der Waals surface area (Å²) in [6, 6.07) is 17.3. The van der Waals surface area contributed by atoms with Crippen LogP contribution in [-0.2, 0) is 11.3 Å². The molecule has 0 aliphatic carbocycles. The molecule has 0 spiro atoms. The van der Waals surface area contributed by atoms with E-state index in [-0.39, 0.29) is 17.4 Å². The maximum atomic E-state index is 12.3. The largest absolute Gasteiger partial charge is 0.508 e. The van der Waals surface area contributed by atoms with Gasteiger partial charge in [-0.2, -0.15) is 0 Å². The molecule has 4 rings (SSSR count). The monoisotopic (exact) mass is 440 g/mol. The second-order valence-corrected chi connectivity index (χ2v) is 7.74. The summed E-state index contributed by atoms with van der Waals surface area (Å²) in [5.41, 5.74) is 1.47. The fourth-order valence-corrected chi connectivity index (χ4v) is 3.64. The highest BCUT2D eigenvalue weighted by Gasteiger charge is 2.17. The molecule has 9 heteroatoms. The molecule has 0 bridgehead atoms. The quantitative estimate of drug-likeness (QED) is 0.320. The molecule has 0 aliphatic rings. The van der Waals surface area contributed by atoms with Gasteiger partial charge in [-0.1, -0.05) is 23.4 Å². The van der Waals surface area contributed by atoms with Crippen LogP contribution in [0.25, 0.3) is 11.4 Å². The molecule has 30 heavy (non-hydrogen) atoms. The van der Waals surface area contributed by atoms with Gasteiger partial charge in [-0.05, 0) is 60.7 Å². The number of benzene rings is 2. The Kier molecular flexibility index (Phi) is 6.06. The number of nitrogens with zero attached hydrogens (tertiary/aromatic N) is 3. The van der Waals surface area contributed by atoms with E-state index in [1.807, 2.05) is 28.8 Å². The van der Waals surface area contributed by atoms with E-state index in [2.05, 4.69) is 15.5 Å². The van der Waals surface area contributed by atoms with Crippen LogP contribution in [-0.4, -0.2) is 31.5 Å². The number of thioether (sulfide) groups is 1. The van der Waals surface area contributed by atoms with Gasteiger partial charge in [0.05, 0.1) is 18.6 Å². The summed E-state index contributed by atoms with van der Waals surface area (Å²) in [6.07, 6.45) is 1.61. The summed E-state index contributed by atoms with van der Waals surface area (Å²) < 4.78 is 7.38. The van der Waals surface area contributed by atoms with Crippen LogP contribution >= 0.6 is 23.4 Å². The average molecular weight is 441 g/mol. The van der Waals surface area contributed by atoms with Gasteiger partial charge in [0.2, 0.25) is 5.91 Å². The van der Waals surface area contributed by atoms with Crippen molar-refractivity contribution < 1.29 is 14.3 Å². The van der Waals surface area contributed by atoms with Crippen molar-refractivity contribution in [3.05, 3.63) is 77.7 Å². The molecule has 0 unspecified atom stereocenters. The molecule has 0 saturated heterocycles. The first-order valence-electron chi connectivity index (χ1n) is 9.02. The van der Waals surface area contributed by atoms with Gasteiger partial charge in [0.1, 0.15) is 11.5 Å². The first-order valence-corrected chi connectivity index (χ1v) is 10.4. The Morgan fingerprint density at radius 2 is 1.87 bits per heavy atom. The summed E-state index contributed by atoms with van der Waals surface area (Å²) in [5.74, 6) is 1.51. The van der Waals surface area contributed by atoms with Crippen LogP contribution in [0.2, 0.25) is 5.02 Å². The van der Waals surface area contributed by atoms with Gasteiger partial charge >= 0.3 is 0 Å². The Labute approximate surface area is 181 Å². The third-order valence-electron chi connectivity index (χ3n) is 4.20. The first kappa shape index (κ1) is 20.1. The van der Waals surface area contributed by atoms with Gasteiger partial charge in [0.25, 0.3) is 0 Å². The van der Waals surface area contributed by atoms with Crippen LogP contribution in [0.1, 0.15) is 5.76 Å². The lowest BCUT2D eigenvalue weighted by Crippen LogP contribution is -2.14. The van der Waals surface area contributed by atoms with Crippen molar-refractivity contribution >= 4 is 35.0 Å². The second-order valence-electron chi connectivity index (χ2n) is 6.36. The number of furan rings is 1. The van der Waals surface area contributed by atoms with Gasteiger partial charge in [-0.25, -0.2) is 0 Å². The molecule has 2 aromatic heterocycles. The summed E-state index contributed by atoms with van der Waals surface area (Å²) in [5, 5.41) is 21.9. The van der Waals surface area contributed by atoms with Crippen molar-refractivity contribution in [2.75, 3.05) is 11.1 Å². The third kappa shape index (κ3) is 4.84. The minimum absolute atomic E-state index is 0.142.